The predicted molar refractivity (Wildman–Crippen MR) is 105 cm³/mol. The lowest BCUT2D eigenvalue weighted by molar-refractivity contribution is 0.270. The summed E-state index contributed by atoms with van der Waals surface area (Å²) in [4.78, 5) is 12.9. The molecule has 28 heavy (non-hydrogen) atoms. The summed E-state index contributed by atoms with van der Waals surface area (Å²) >= 11 is 0. The number of fused-ring (bicyclic) bond motifs is 1. The summed E-state index contributed by atoms with van der Waals surface area (Å²) in [6.45, 7) is 4.12. The summed E-state index contributed by atoms with van der Waals surface area (Å²) in [7, 11) is 0. The fourth-order valence-electron chi connectivity index (χ4n) is 2.94. The molecule has 0 bridgehead atoms. The molecule has 4 rings (SSSR count). The standard InChI is InChI=1S/C20H19FN6O/c1-12-10-23-17(19-14(21)4-3-13(2)24-19)9-16(12)25-15-5-6-22-18-11-27(7-8-28)26-20(15)18/h3-6,9-11,28H,7-8H2,1-2H3,(H,23,25). The van der Waals surface area contributed by atoms with Crippen molar-refractivity contribution in [2.75, 3.05) is 11.9 Å². The van der Waals surface area contributed by atoms with Crippen molar-refractivity contribution in [3.63, 3.8) is 0 Å². The third-order valence-electron chi connectivity index (χ3n) is 4.38. The maximum atomic E-state index is 14.2. The second kappa shape index (κ2) is 7.32. The minimum atomic E-state index is -0.415. The van der Waals surface area contributed by atoms with Crippen molar-refractivity contribution in [2.45, 2.75) is 20.4 Å². The summed E-state index contributed by atoms with van der Waals surface area (Å²) < 4.78 is 15.9. The van der Waals surface area contributed by atoms with E-state index in [1.54, 1.807) is 35.4 Å². The maximum Gasteiger partial charge on any atom is 0.151 e. The Morgan fingerprint density at radius 2 is 2.00 bits per heavy atom. The maximum absolute atomic E-state index is 14.2. The smallest absolute Gasteiger partial charge is 0.151 e. The molecule has 142 valence electrons. The third-order valence-corrected chi connectivity index (χ3v) is 4.38. The van der Waals surface area contributed by atoms with E-state index in [2.05, 4.69) is 25.4 Å². The summed E-state index contributed by atoms with van der Waals surface area (Å²) in [6, 6.07) is 6.62. The predicted octanol–water partition coefficient (Wildman–Crippen LogP) is 3.38. The number of aliphatic hydroxyl groups is 1. The van der Waals surface area contributed by atoms with Crippen LogP contribution >= 0.6 is 0 Å². The molecule has 0 radical (unpaired) electrons. The van der Waals surface area contributed by atoms with Gasteiger partial charge in [0.05, 0.1) is 30.7 Å². The number of nitrogens with one attached hydrogen (secondary N) is 1. The van der Waals surface area contributed by atoms with E-state index in [4.69, 9.17) is 5.11 Å². The molecule has 0 aromatic carbocycles. The zero-order valence-electron chi connectivity index (χ0n) is 15.5. The summed E-state index contributed by atoms with van der Waals surface area (Å²) in [5, 5.41) is 17.0. The number of aromatic nitrogens is 5. The third kappa shape index (κ3) is 3.41. The molecule has 0 unspecified atom stereocenters. The van der Waals surface area contributed by atoms with Crippen LogP contribution in [0.4, 0.5) is 15.8 Å². The van der Waals surface area contributed by atoms with Gasteiger partial charge in [-0.15, -0.1) is 0 Å². The van der Waals surface area contributed by atoms with E-state index < -0.39 is 5.82 Å². The number of anilines is 2. The van der Waals surface area contributed by atoms with E-state index in [-0.39, 0.29) is 12.3 Å². The number of hydrogen-bond acceptors (Lipinski definition) is 6. The van der Waals surface area contributed by atoms with Gasteiger partial charge in [-0.1, -0.05) is 0 Å². The molecule has 0 aliphatic carbocycles. The van der Waals surface area contributed by atoms with Crippen LogP contribution in [0.5, 0.6) is 0 Å². The van der Waals surface area contributed by atoms with Crippen LogP contribution in [-0.4, -0.2) is 36.4 Å². The van der Waals surface area contributed by atoms with Crippen LogP contribution in [0, 0.1) is 19.7 Å². The second-order valence-electron chi connectivity index (χ2n) is 6.50. The van der Waals surface area contributed by atoms with Gasteiger partial charge in [0, 0.05) is 23.8 Å². The molecule has 0 atom stereocenters. The van der Waals surface area contributed by atoms with Gasteiger partial charge in [-0.2, -0.15) is 5.10 Å². The Morgan fingerprint density at radius 1 is 1.14 bits per heavy atom. The van der Waals surface area contributed by atoms with E-state index in [9.17, 15) is 4.39 Å². The van der Waals surface area contributed by atoms with E-state index in [1.807, 2.05) is 19.9 Å². The van der Waals surface area contributed by atoms with Gasteiger partial charge >= 0.3 is 0 Å². The second-order valence-corrected chi connectivity index (χ2v) is 6.50. The molecular weight excluding hydrogens is 359 g/mol. The van der Waals surface area contributed by atoms with Crippen molar-refractivity contribution in [3.8, 4) is 11.4 Å². The molecular formula is C20H19FN6O. The SMILES string of the molecule is Cc1ccc(F)c(-c2cc(Nc3ccnc4cn(CCO)nc34)c(C)cn2)n1. The summed E-state index contributed by atoms with van der Waals surface area (Å²) in [5.74, 6) is -0.415. The number of aryl methyl sites for hydroxylation is 2. The number of hydrogen-bond donors (Lipinski definition) is 2. The number of rotatable bonds is 5. The molecule has 8 heteroatoms. The van der Waals surface area contributed by atoms with E-state index in [0.29, 0.717) is 17.8 Å². The average Bonchev–Trinajstić information content (AvgIpc) is 3.09. The molecule has 0 saturated carbocycles. The molecule has 2 N–H and O–H groups in total. The van der Waals surface area contributed by atoms with Crippen LogP contribution in [0.1, 0.15) is 11.3 Å². The Morgan fingerprint density at radius 3 is 2.82 bits per heavy atom. The number of aliphatic hydroxyl groups excluding tert-OH is 1. The highest BCUT2D eigenvalue weighted by atomic mass is 19.1. The minimum Gasteiger partial charge on any atom is -0.394 e. The van der Waals surface area contributed by atoms with Crippen LogP contribution < -0.4 is 5.32 Å². The van der Waals surface area contributed by atoms with Crippen LogP contribution in [0.15, 0.2) is 42.9 Å². The van der Waals surface area contributed by atoms with Gasteiger partial charge in [0.25, 0.3) is 0 Å². The Bertz CT molecular complexity index is 1160. The largest absolute Gasteiger partial charge is 0.394 e. The van der Waals surface area contributed by atoms with Gasteiger partial charge in [0.15, 0.2) is 5.82 Å². The molecule has 4 heterocycles. The molecule has 0 aliphatic rings. The van der Waals surface area contributed by atoms with E-state index in [0.717, 1.165) is 28.1 Å². The normalized spacial score (nSPS) is 11.1. The Kier molecular flexibility index (Phi) is 4.70. The van der Waals surface area contributed by atoms with Crippen molar-refractivity contribution in [3.05, 3.63) is 59.9 Å². The molecule has 4 aromatic heterocycles. The molecule has 0 aliphatic heterocycles. The average molecular weight is 378 g/mol. The summed E-state index contributed by atoms with van der Waals surface area (Å²) in [6.07, 6.45) is 5.16. The van der Waals surface area contributed by atoms with E-state index >= 15 is 0 Å². The van der Waals surface area contributed by atoms with Crippen molar-refractivity contribution < 1.29 is 9.50 Å². The van der Waals surface area contributed by atoms with Gasteiger partial charge in [0.1, 0.15) is 16.7 Å². The van der Waals surface area contributed by atoms with Crippen LogP contribution in [0.25, 0.3) is 22.4 Å². The molecule has 0 fully saturated rings. The van der Waals surface area contributed by atoms with Crippen molar-refractivity contribution in [1.29, 1.82) is 0 Å². The topological polar surface area (TPSA) is 88.8 Å². The lowest BCUT2D eigenvalue weighted by atomic mass is 10.1. The van der Waals surface area contributed by atoms with Crippen molar-refractivity contribution >= 4 is 22.4 Å². The molecule has 7 nitrogen and oxygen atoms in total. The highest BCUT2D eigenvalue weighted by Crippen LogP contribution is 2.29. The first-order valence-electron chi connectivity index (χ1n) is 8.85. The first kappa shape index (κ1) is 18.0. The van der Waals surface area contributed by atoms with Crippen LogP contribution in [-0.2, 0) is 6.54 Å². The Hall–Kier alpha value is -3.39. The lowest BCUT2D eigenvalue weighted by Crippen LogP contribution is -2.02. The Balaban J connectivity index is 1.74. The van der Waals surface area contributed by atoms with Gasteiger partial charge in [0.2, 0.25) is 0 Å². The number of nitrogens with zero attached hydrogens (tertiary/aromatic N) is 5. The number of halogens is 1. The van der Waals surface area contributed by atoms with Gasteiger partial charge in [-0.3, -0.25) is 14.6 Å². The first-order chi connectivity index (χ1) is 13.5. The fourth-order valence-corrected chi connectivity index (χ4v) is 2.94. The van der Waals surface area contributed by atoms with Gasteiger partial charge in [-0.25, -0.2) is 9.37 Å². The number of pyridine rings is 3. The van der Waals surface area contributed by atoms with Crippen molar-refractivity contribution in [1.82, 2.24) is 24.7 Å². The quantitative estimate of drug-likeness (QED) is 0.553. The summed E-state index contributed by atoms with van der Waals surface area (Å²) in [5.41, 5.74) is 5.23. The molecule has 0 saturated heterocycles. The Labute approximate surface area is 160 Å². The lowest BCUT2D eigenvalue weighted by Gasteiger charge is -2.12. The zero-order chi connectivity index (χ0) is 19.7. The van der Waals surface area contributed by atoms with Crippen molar-refractivity contribution in [2.24, 2.45) is 0 Å². The van der Waals surface area contributed by atoms with E-state index in [1.165, 1.54) is 6.07 Å². The molecule has 4 aromatic rings. The van der Waals surface area contributed by atoms with Crippen LogP contribution in [0.2, 0.25) is 0 Å². The minimum absolute atomic E-state index is 0.00136. The molecule has 0 amide bonds. The molecule has 0 spiro atoms. The monoisotopic (exact) mass is 378 g/mol. The first-order valence-corrected chi connectivity index (χ1v) is 8.85. The van der Waals surface area contributed by atoms with Gasteiger partial charge in [-0.05, 0) is 43.7 Å². The van der Waals surface area contributed by atoms with Crippen LogP contribution in [0.3, 0.4) is 0 Å². The fraction of sp³-hybridized carbons (Fsp3) is 0.200. The van der Waals surface area contributed by atoms with Gasteiger partial charge < -0.3 is 10.4 Å². The highest BCUT2D eigenvalue weighted by Gasteiger charge is 2.13. The zero-order valence-corrected chi connectivity index (χ0v) is 15.5. The highest BCUT2D eigenvalue weighted by molar-refractivity contribution is 5.89.